The van der Waals surface area contributed by atoms with E-state index >= 15 is 0 Å². The highest BCUT2D eigenvalue weighted by Crippen LogP contribution is 2.29. The molecule has 9 heteroatoms. The second-order valence-corrected chi connectivity index (χ2v) is 11.4. The van der Waals surface area contributed by atoms with E-state index in [2.05, 4.69) is 22.2 Å². The van der Waals surface area contributed by atoms with Crippen molar-refractivity contribution < 1.29 is 26.3 Å². The van der Waals surface area contributed by atoms with Crippen LogP contribution in [0, 0.1) is 0 Å². The summed E-state index contributed by atoms with van der Waals surface area (Å²) in [4.78, 5) is 0. The molecule has 0 bridgehead atoms. The summed E-state index contributed by atoms with van der Waals surface area (Å²) in [5.41, 5.74) is 3.49. The minimum absolute atomic E-state index is 0.0199. The average molecular weight is 541 g/mol. The fraction of sp³-hybridized carbons (Fsp3) is 0.241. The maximum Gasteiger partial charge on any atom is 0.573 e. The molecule has 0 fully saturated rings. The number of hydrogen-bond donors (Lipinski definition) is 1. The third-order valence-electron chi connectivity index (χ3n) is 6.73. The molecule has 5 rings (SSSR count). The SMILES string of the molecule is O=S(=O)(CCC1Cc2ccccc2CN1)N(Cc1ccc(OC(F)(F)F)cc1)c1ccc2ccccc2c1. The lowest BCUT2D eigenvalue weighted by molar-refractivity contribution is -0.274. The molecule has 1 unspecified atom stereocenters. The van der Waals surface area contributed by atoms with Crippen LogP contribution in [-0.4, -0.2) is 26.6 Å². The number of rotatable bonds is 8. The summed E-state index contributed by atoms with van der Waals surface area (Å²) >= 11 is 0. The van der Waals surface area contributed by atoms with Gasteiger partial charge in [-0.2, -0.15) is 0 Å². The number of anilines is 1. The largest absolute Gasteiger partial charge is 0.573 e. The van der Waals surface area contributed by atoms with Crippen molar-refractivity contribution in [1.29, 1.82) is 0 Å². The molecule has 4 aromatic rings. The molecule has 0 saturated carbocycles. The summed E-state index contributed by atoms with van der Waals surface area (Å²) < 4.78 is 70.5. The van der Waals surface area contributed by atoms with Crippen LogP contribution in [0.25, 0.3) is 10.8 Å². The smallest absolute Gasteiger partial charge is 0.406 e. The van der Waals surface area contributed by atoms with Crippen LogP contribution in [0.3, 0.4) is 0 Å². The van der Waals surface area contributed by atoms with Crippen LogP contribution in [0.2, 0.25) is 0 Å². The van der Waals surface area contributed by atoms with Crippen molar-refractivity contribution >= 4 is 26.5 Å². The molecule has 0 radical (unpaired) electrons. The highest BCUT2D eigenvalue weighted by Gasteiger charge is 2.31. The molecule has 1 atom stereocenters. The normalized spacial score (nSPS) is 15.7. The molecular formula is C29H27F3N2O3S. The lowest BCUT2D eigenvalue weighted by atomic mass is 9.95. The minimum atomic E-state index is -4.80. The molecule has 1 aliphatic rings. The maximum atomic E-state index is 13.7. The number of alkyl halides is 3. The quantitative estimate of drug-likeness (QED) is 0.290. The first-order valence-corrected chi connectivity index (χ1v) is 13.9. The van der Waals surface area contributed by atoms with E-state index in [4.69, 9.17) is 0 Å². The van der Waals surface area contributed by atoms with Crippen molar-refractivity contribution in [3.05, 3.63) is 108 Å². The van der Waals surface area contributed by atoms with Gasteiger partial charge in [-0.3, -0.25) is 4.31 Å². The lowest BCUT2D eigenvalue weighted by Crippen LogP contribution is -2.39. The zero-order valence-corrected chi connectivity index (χ0v) is 21.3. The van der Waals surface area contributed by atoms with E-state index in [-0.39, 0.29) is 24.1 Å². The van der Waals surface area contributed by atoms with E-state index in [0.717, 1.165) is 17.2 Å². The highest BCUT2D eigenvalue weighted by molar-refractivity contribution is 7.92. The van der Waals surface area contributed by atoms with Gasteiger partial charge in [-0.25, -0.2) is 8.42 Å². The third-order valence-corrected chi connectivity index (χ3v) is 8.49. The van der Waals surface area contributed by atoms with Gasteiger partial charge in [0.25, 0.3) is 0 Å². The van der Waals surface area contributed by atoms with Crippen molar-refractivity contribution in [3.63, 3.8) is 0 Å². The second kappa shape index (κ2) is 10.7. The molecule has 0 amide bonds. The van der Waals surface area contributed by atoms with Crippen LogP contribution in [0.1, 0.15) is 23.1 Å². The third kappa shape index (κ3) is 6.28. The molecule has 1 N–H and O–H groups in total. The van der Waals surface area contributed by atoms with Gasteiger partial charge in [0.2, 0.25) is 10.0 Å². The summed E-state index contributed by atoms with van der Waals surface area (Å²) in [5, 5.41) is 5.31. The molecule has 0 spiro atoms. The van der Waals surface area contributed by atoms with E-state index in [0.29, 0.717) is 24.2 Å². The van der Waals surface area contributed by atoms with Crippen LogP contribution in [0.4, 0.5) is 18.9 Å². The predicted octanol–water partition coefficient (Wildman–Crippen LogP) is 6.18. The Balaban J connectivity index is 1.38. The van der Waals surface area contributed by atoms with Crippen molar-refractivity contribution in [3.8, 4) is 5.75 Å². The first kappa shape index (κ1) is 26.1. The number of hydrogen-bond acceptors (Lipinski definition) is 4. The van der Waals surface area contributed by atoms with Gasteiger partial charge in [0.1, 0.15) is 5.75 Å². The summed E-state index contributed by atoms with van der Waals surface area (Å²) in [7, 11) is -3.78. The van der Waals surface area contributed by atoms with E-state index in [1.54, 1.807) is 6.07 Å². The standard InChI is InChI=1S/C29H27F3N2O3S/c30-29(31,32)37-28-13-9-21(10-14-28)20-34(27-12-11-22-5-1-2-7-24(22)18-27)38(35,36)16-15-26-17-23-6-3-4-8-25(23)19-33-26/h1-14,18,26,33H,15-17,19-20H2. The summed E-state index contributed by atoms with van der Waals surface area (Å²) in [6.45, 7) is 0.676. The van der Waals surface area contributed by atoms with Crippen molar-refractivity contribution in [1.82, 2.24) is 5.32 Å². The van der Waals surface area contributed by atoms with Crippen LogP contribution >= 0.6 is 0 Å². The monoisotopic (exact) mass is 540 g/mol. The molecule has 0 aliphatic carbocycles. The first-order chi connectivity index (χ1) is 18.2. The van der Waals surface area contributed by atoms with Crippen LogP contribution < -0.4 is 14.4 Å². The summed E-state index contributed by atoms with van der Waals surface area (Å²) in [6, 6.07) is 26.5. The van der Waals surface area contributed by atoms with E-state index in [9.17, 15) is 21.6 Å². The van der Waals surface area contributed by atoms with Crippen LogP contribution in [-0.2, 0) is 29.5 Å². The van der Waals surface area contributed by atoms with Crippen molar-refractivity contribution in [2.75, 3.05) is 10.1 Å². The molecule has 4 aromatic carbocycles. The van der Waals surface area contributed by atoms with E-state index < -0.39 is 16.4 Å². The minimum Gasteiger partial charge on any atom is -0.406 e. The Morgan fingerprint density at radius 2 is 1.55 bits per heavy atom. The molecule has 38 heavy (non-hydrogen) atoms. The Morgan fingerprint density at radius 3 is 2.29 bits per heavy atom. The zero-order valence-electron chi connectivity index (χ0n) is 20.5. The summed E-state index contributed by atoms with van der Waals surface area (Å²) in [6.07, 6.45) is -3.61. The van der Waals surface area contributed by atoms with Gasteiger partial charge in [0, 0.05) is 12.6 Å². The Kier molecular flexibility index (Phi) is 7.32. The fourth-order valence-corrected chi connectivity index (χ4v) is 6.35. The first-order valence-electron chi connectivity index (χ1n) is 12.3. The number of sulfonamides is 1. The molecule has 1 heterocycles. The van der Waals surface area contributed by atoms with Gasteiger partial charge in [-0.1, -0.05) is 66.7 Å². The van der Waals surface area contributed by atoms with Crippen molar-refractivity contribution in [2.24, 2.45) is 0 Å². The number of halogens is 3. The molecule has 198 valence electrons. The molecule has 0 saturated heterocycles. The molecular weight excluding hydrogens is 513 g/mol. The van der Waals surface area contributed by atoms with Gasteiger partial charge < -0.3 is 10.1 Å². The fourth-order valence-electron chi connectivity index (χ4n) is 4.77. The second-order valence-electron chi connectivity index (χ2n) is 9.39. The molecule has 0 aromatic heterocycles. The van der Waals surface area contributed by atoms with Gasteiger partial charge in [0.15, 0.2) is 0 Å². The van der Waals surface area contributed by atoms with E-state index in [1.165, 1.54) is 39.7 Å². The van der Waals surface area contributed by atoms with E-state index in [1.807, 2.05) is 48.5 Å². The molecule has 1 aliphatic heterocycles. The summed E-state index contributed by atoms with van der Waals surface area (Å²) in [5.74, 6) is -0.431. The number of benzene rings is 4. The highest BCUT2D eigenvalue weighted by atomic mass is 32.2. The Labute approximate surface area is 219 Å². The molecule has 5 nitrogen and oxygen atoms in total. The zero-order chi connectivity index (χ0) is 26.8. The predicted molar refractivity (Wildman–Crippen MR) is 142 cm³/mol. The van der Waals surface area contributed by atoms with Gasteiger partial charge >= 0.3 is 6.36 Å². The topological polar surface area (TPSA) is 58.6 Å². The maximum absolute atomic E-state index is 13.7. The lowest BCUT2D eigenvalue weighted by Gasteiger charge is -2.29. The van der Waals surface area contributed by atoms with Gasteiger partial charge in [-0.05, 0) is 64.6 Å². The average Bonchev–Trinajstić information content (AvgIpc) is 2.90. The van der Waals surface area contributed by atoms with Crippen LogP contribution in [0.15, 0.2) is 91.0 Å². The number of ether oxygens (including phenoxy) is 1. The number of nitrogens with one attached hydrogen (secondary N) is 1. The Bertz CT molecular complexity index is 1520. The van der Waals surface area contributed by atoms with Gasteiger partial charge in [0.05, 0.1) is 18.0 Å². The number of fused-ring (bicyclic) bond motifs is 2. The Hall–Kier alpha value is -3.56. The van der Waals surface area contributed by atoms with Crippen LogP contribution in [0.5, 0.6) is 5.75 Å². The van der Waals surface area contributed by atoms with Gasteiger partial charge in [-0.15, -0.1) is 13.2 Å². The Morgan fingerprint density at radius 1 is 0.868 bits per heavy atom. The number of nitrogens with zero attached hydrogens (tertiary/aromatic N) is 1. The van der Waals surface area contributed by atoms with Crippen molar-refractivity contribution in [2.45, 2.75) is 38.3 Å².